The summed E-state index contributed by atoms with van der Waals surface area (Å²) in [7, 11) is -3.45. The van der Waals surface area contributed by atoms with Gasteiger partial charge < -0.3 is 0 Å². The number of sulfonamides is 1. The van der Waals surface area contributed by atoms with E-state index in [1.807, 2.05) is 0 Å². The predicted molar refractivity (Wildman–Crippen MR) is 67.2 cm³/mol. The minimum absolute atomic E-state index is 0.184. The van der Waals surface area contributed by atoms with Crippen LogP contribution in [-0.4, -0.2) is 37.3 Å². The van der Waals surface area contributed by atoms with Crippen LogP contribution in [-0.2, 0) is 10.0 Å². The third kappa shape index (κ3) is 2.64. The molecule has 0 amide bonds. The average molecular weight is 275 g/mol. The Morgan fingerprint density at radius 1 is 1.29 bits per heavy atom. The highest BCUT2D eigenvalue weighted by Gasteiger charge is 2.26. The van der Waals surface area contributed by atoms with Crippen molar-refractivity contribution in [2.24, 2.45) is 0 Å². The fourth-order valence-electron chi connectivity index (χ4n) is 1.71. The standard InChI is InChI=1S/C11H14FNO2S2/c1-9-8-10(2-3-11(9)12)17(14,15)13-4-6-16-7-5-13/h2-3,8H,4-7H2,1H3. The third-order valence-electron chi connectivity index (χ3n) is 2.74. The highest BCUT2D eigenvalue weighted by atomic mass is 32.2. The lowest BCUT2D eigenvalue weighted by Gasteiger charge is -2.25. The number of nitrogens with zero attached hydrogens (tertiary/aromatic N) is 1. The molecule has 1 aliphatic heterocycles. The van der Waals surface area contributed by atoms with E-state index in [-0.39, 0.29) is 10.7 Å². The van der Waals surface area contributed by atoms with Gasteiger partial charge in [-0.1, -0.05) is 0 Å². The number of hydrogen-bond donors (Lipinski definition) is 0. The quantitative estimate of drug-likeness (QED) is 0.827. The van der Waals surface area contributed by atoms with Crippen LogP contribution >= 0.6 is 11.8 Å². The summed E-state index contributed by atoms with van der Waals surface area (Å²) < 4.78 is 39.1. The van der Waals surface area contributed by atoms with Gasteiger partial charge in [-0.15, -0.1) is 0 Å². The average Bonchev–Trinajstić information content (AvgIpc) is 2.33. The van der Waals surface area contributed by atoms with E-state index in [0.717, 1.165) is 11.5 Å². The molecule has 2 rings (SSSR count). The van der Waals surface area contributed by atoms with Gasteiger partial charge in [-0.2, -0.15) is 16.1 Å². The van der Waals surface area contributed by atoms with Crippen molar-refractivity contribution in [3.8, 4) is 0 Å². The molecule has 0 bridgehead atoms. The number of benzene rings is 1. The maximum absolute atomic E-state index is 13.1. The van der Waals surface area contributed by atoms with E-state index in [9.17, 15) is 12.8 Å². The van der Waals surface area contributed by atoms with Gasteiger partial charge in [0.1, 0.15) is 5.82 Å². The van der Waals surface area contributed by atoms with Crippen LogP contribution in [0.25, 0.3) is 0 Å². The Labute approximate surface area is 105 Å². The summed E-state index contributed by atoms with van der Waals surface area (Å²) >= 11 is 1.75. The van der Waals surface area contributed by atoms with Crippen LogP contribution in [0, 0.1) is 12.7 Å². The first-order valence-corrected chi connectivity index (χ1v) is 7.95. The molecule has 1 fully saturated rings. The van der Waals surface area contributed by atoms with E-state index >= 15 is 0 Å². The van der Waals surface area contributed by atoms with Gasteiger partial charge in [-0.05, 0) is 30.7 Å². The second-order valence-electron chi connectivity index (χ2n) is 3.93. The van der Waals surface area contributed by atoms with Gasteiger partial charge in [0.05, 0.1) is 4.90 Å². The van der Waals surface area contributed by atoms with Gasteiger partial charge in [0.2, 0.25) is 10.0 Å². The molecule has 0 aromatic heterocycles. The summed E-state index contributed by atoms with van der Waals surface area (Å²) in [6.07, 6.45) is 0. The van der Waals surface area contributed by atoms with Gasteiger partial charge in [0.15, 0.2) is 0 Å². The van der Waals surface area contributed by atoms with Crippen molar-refractivity contribution in [1.29, 1.82) is 0 Å². The Balaban J connectivity index is 2.33. The SMILES string of the molecule is Cc1cc(S(=O)(=O)N2CCSCC2)ccc1F. The van der Waals surface area contributed by atoms with E-state index in [4.69, 9.17) is 0 Å². The second-order valence-corrected chi connectivity index (χ2v) is 7.09. The summed E-state index contributed by atoms with van der Waals surface area (Å²) in [6.45, 7) is 2.63. The summed E-state index contributed by atoms with van der Waals surface area (Å²) in [4.78, 5) is 0.184. The lowest BCUT2D eigenvalue weighted by Crippen LogP contribution is -2.37. The molecule has 1 aromatic rings. The molecule has 0 aliphatic carbocycles. The minimum Gasteiger partial charge on any atom is -0.207 e. The Morgan fingerprint density at radius 2 is 1.94 bits per heavy atom. The molecular formula is C11H14FNO2S2. The van der Waals surface area contributed by atoms with Crippen LogP contribution < -0.4 is 0 Å². The van der Waals surface area contributed by atoms with Gasteiger partial charge >= 0.3 is 0 Å². The molecule has 94 valence electrons. The Bertz CT molecular complexity index is 510. The molecule has 1 aromatic carbocycles. The van der Waals surface area contributed by atoms with Crippen molar-refractivity contribution in [3.63, 3.8) is 0 Å². The maximum Gasteiger partial charge on any atom is 0.243 e. The van der Waals surface area contributed by atoms with E-state index in [2.05, 4.69) is 0 Å². The summed E-state index contributed by atoms with van der Waals surface area (Å²) in [5.41, 5.74) is 0.359. The number of aryl methyl sites for hydroxylation is 1. The molecule has 0 atom stereocenters. The zero-order chi connectivity index (χ0) is 12.5. The molecule has 0 radical (unpaired) electrons. The van der Waals surface area contributed by atoms with Gasteiger partial charge in [0, 0.05) is 24.6 Å². The first kappa shape index (κ1) is 12.9. The minimum atomic E-state index is -3.45. The van der Waals surface area contributed by atoms with Crippen LogP contribution in [0.15, 0.2) is 23.1 Å². The fourth-order valence-corrected chi connectivity index (χ4v) is 4.38. The second kappa shape index (κ2) is 4.96. The Kier molecular flexibility index (Phi) is 3.75. The number of rotatable bonds is 2. The predicted octanol–water partition coefficient (Wildman–Crippen LogP) is 1.87. The maximum atomic E-state index is 13.1. The fraction of sp³-hybridized carbons (Fsp3) is 0.455. The number of thioether (sulfide) groups is 1. The highest BCUT2D eigenvalue weighted by Crippen LogP contribution is 2.21. The molecule has 17 heavy (non-hydrogen) atoms. The van der Waals surface area contributed by atoms with Crippen LogP contribution in [0.2, 0.25) is 0 Å². The lowest BCUT2D eigenvalue weighted by molar-refractivity contribution is 0.443. The summed E-state index contributed by atoms with van der Waals surface area (Å²) in [6, 6.07) is 3.94. The van der Waals surface area contributed by atoms with Crippen molar-refractivity contribution >= 4 is 21.8 Å². The van der Waals surface area contributed by atoms with Crippen LogP contribution in [0.1, 0.15) is 5.56 Å². The summed E-state index contributed by atoms with van der Waals surface area (Å²) in [5.74, 6) is 1.26. The van der Waals surface area contributed by atoms with E-state index in [1.54, 1.807) is 18.7 Å². The first-order chi connectivity index (χ1) is 8.01. The van der Waals surface area contributed by atoms with Crippen molar-refractivity contribution < 1.29 is 12.8 Å². The zero-order valence-electron chi connectivity index (χ0n) is 9.52. The van der Waals surface area contributed by atoms with Gasteiger partial charge in [-0.3, -0.25) is 0 Å². The first-order valence-electron chi connectivity index (χ1n) is 5.36. The van der Waals surface area contributed by atoms with Crippen LogP contribution in [0.5, 0.6) is 0 Å². The molecular weight excluding hydrogens is 261 g/mol. The van der Waals surface area contributed by atoms with Crippen LogP contribution in [0.3, 0.4) is 0 Å². The van der Waals surface area contributed by atoms with Crippen molar-refractivity contribution in [2.45, 2.75) is 11.8 Å². The largest absolute Gasteiger partial charge is 0.243 e. The number of halogens is 1. The molecule has 0 spiro atoms. The molecule has 1 heterocycles. The zero-order valence-corrected chi connectivity index (χ0v) is 11.2. The van der Waals surface area contributed by atoms with Crippen molar-refractivity contribution in [1.82, 2.24) is 4.31 Å². The highest BCUT2D eigenvalue weighted by molar-refractivity contribution is 7.99. The molecule has 6 heteroatoms. The van der Waals surface area contributed by atoms with Gasteiger partial charge in [0.25, 0.3) is 0 Å². The normalized spacial score (nSPS) is 18.2. The Hall–Kier alpha value is -0.590. The van der Waals surface area contributed by atoms with Gasteiger partial charge in [-0.25, -0.2) is 12.8 Å². The lowest BCUT2D eigenvalue weighted by atomic mass is 10.2. The van der Waals surface area contributed by atoms with E-state index in [0.29, 0.717) is 18.7 Å². The topological polar surface area (TPSA) is 37.4 Å². The molecule has 1 saturated heterocycles. The molecule has 0 unspecified atom stereocenters. The van der Waals surface area contributed by atoms with E-state index < -0.39 is 10.0 Å². The molecule has 0 saturated carbocycles. The molecule has 1 aliphatic rings. The number of hydrogen-bond acceptors (Lipinski definition) is 3. The van der Waals surface area contributed by atoms with Crippen molar-refractivity contribution in [3.05, 3.63) is 29.6 Å². The monoisotopic (exact) mass is 275 g/mol. The third-order valence-corrected chi connectivity index (χ3v) is 5.57. The smallest absolute Gasteiger partial charge is 0.207 e. The van der Waals surface area contributed by atoms with Crippen LogP contribution in [0.4, 0.5) is 4.39 Å². The molecule has 0 N–H and O–H groups in total. The molecule has 3 nitrogen and oxygen atoms in total. The Morgan fingerprint density at radius 3 is 2.53 bits per heavy atom. The summed E-state index contributed by atoms with van der Waals surface area (Å²) in [5, 5.41) is 0. The van der Waals surface area contributed by atoms with E-state index in [1.165, 1.54) is 22.5 Å². The van der Waals surface area contributed by atoms with Crippen molar-refractivity contribution in [2.75, 3.05) is 24.6 Å².